The topological polar surface area (TPSA) is 180 Å². The van der Waals surface area contributed by atoms with E-state index < -0.39 is 47.2 Å². The number of thioether (sulfide) groups is 1. The van der Waals surface area contributed by atoms with Gasteiger partial charge in [0.2, 0.25) is 11.8 Å². The van der Waals surface area contributed by atoms with Crippen LogP contribution >= 0.6 is 11.8 Å². The third kappa shape index (κ3) is 9.84. The quantitative estimate of drug-likeness (QED) is 0.0390. The van der Waals surface area contributed by atoms with Crippen LogP contribution in [-0.4, -0.2) is 58.2 Å². The van der Waals surface area contributed by atoms with E-state index in [0.717, 1.165) is 22.3 Å². The van der Waals surface area contributed by atoms with Crippen molar-refractivity contribution in [3.8, 4) is 0 Å². The Hall–Kier alpha value is -5.92. The zero-order valence-electron chi connectivity index (χ0n) is 27.7. The molecule has 0 spiro atoms. The molecule has 0 aliphatic carbocycles. The van der Waals surface area contributed by atoms with Gasteiger partial charge in [0, 0.05) is 24.1 Å². The summed E-state index contributed by atoms with van der Waals surface area (Å²) < 4.78 is 4.69. The first-order valence-corrected chi connectivity index (χ1v) is 17.2. The van der Waals surface area contributed by atoms with Crippen LogP contribution in [0.4, 0.5) is 4.79 Å². The summed E-state index contributed by atoms with van der Waals surface area (Å²) in [5, 5.41) is 7.93. The minimum atomic E-state index is -1.13. The molecule has 5 rings (SSSR count). The fraction of sp³-hybridized carbons (Fsp3) is 0.184. The highest BCUT2D eigenvalue weighted by molar-refractivity contribution is 8.00. The lowest BCUT2D eigenvalue weighted by atomic mass is 9.84. The van der Waals surface area contributed by atoms with Crippen LogP contribution in [0.15, 0.2) is 134 Å². The smallest absolute Gasteiger partial charge is 0.408 e. The van der Waals surface area contributed by atoms with Crippen molar-refractivity contribution in [1.82, 2.24) is 31.3 Å². The van der Waals surface area contributed by atoms with E-state index in [1.807, 2.05) is 127 Å². The van der Waals surface area contributed by atoms with Crippen molar-refractivity contribution in [3.05, 3.63) is 162 Å². The summed E-state index contributed by atoms with van der Waals surface area (Å²) in [6.07, 6.45) is 2.27. The maximum Gasteiger partial charge on any atom is 0.408 e. The predicted octanol–water partition coefficient (Wildman–Crippen LogP) is 3.56. The number of nitrogens with two attached hydrogens (primary N) is 1. The number of hydrogen-bond acceptors (Lipinski definition) is 8. The molecular weight excluding hydrogens is 667 g/mol. The second-order valence-electron chi connectivity index (χ2n) is 11.5. The molecule has 13 heteroatoms. The van der Waals surface area contributed by atoms with Crippen molar-refractivity contribution < 1.29 is 23.9 Å². The largest absolute Gasteiger partial charge is 0.445 e. The van der Waals surface area contributed by atoms with Gasteiger partial charge in [-0.15, -0.1) is 11.8 Å². The summed E-state index contributed by atoms with van der Waals surface area (Å²) in [6, 6.07) is 36.8. The Bertz CT molecular complexity index is 1750. The predicted molar refractivity (Wildman–Crippen MR) is 195 cm³/mol. The fourth-order valence-electron chi connectivity index (χ4n) is 5.53. The van der Waals surface area contributed by atoms with E-state index in [2.05, 4.69) is 25.9 Å². The summed E-state index contributed by atoms with van der Waals surface area (Å²) in [6.45, 7) is -0.473. The van der Waals surface area contributed by atoms with Gasteiger partial charge in [-0.2, -0.15) is 0 Å². The lowest BCUT2D eigenvalue weighted by molar-refractivity contribution is -0.130. The number of hydrazine groups is 1. The first-order valence-electron chi connectivity index (χ1n) is 16.2. The molecule has 4 amide bonds. The first kappa shape index (κ1) is 36.4. The molecule has 7 N–H and O–H groups in total. The normalized spacial score (nSPS) is 12.2. The number of rotatable bonds is 16. The SMILES string of the molecule is NNC(=O)[C@H](Cc1cnc[nH]1)NC(=O)CNC(=O)[C@@H](CSC(c1ccccc1)(c1ccccc1)c1ccccc1)NC(=O)OCc1ccccc1. The Morgan fingerprint density at radius 2 is 1.29 bits per heavy atom. The van der Waals surface area contributed by atoms with Crippen LogP contribution < -0.4 is 27.2 Å². The summed E-state index contributed by atoms with van der Waals surface area (Å²) in [5.41, 5.74) is 6.34. The van der Waals surface area contributed by atoms with Gasteiger partial charge in [0.25, 0.3) is 5.91 Å². The zero-order chi connectivity index (χ0) is 35.9. The molecule has 0 saturated carbocycles. The molecular formula is C38H39N7O5S. The van der Waals surface area contributed by atoms with Crippen molar-refractivity contribution in [2.24, 2.45) is 5.84 Å². The van der Waals surface area contributed by atoms with Gasteiger partial charge in [-0.1, -0.05) is 121 Å². The molecule has 0 aliphatic rings. The highest BCUT2D eigenvalue weighted by Gasteiger charge is 2.38. The van der Waals surface area contributed by atoms with Crippen LogP contribution in [-0.2, 0) is 36.9 Å². The summed E-state index contributed by atoms with van der Waals surface area (Å²) >= 11 is 1.47. The highest BCUT2D eigenvalue weighted by atomic mass is 32.2. The number of ether oxygens (including phenoxy) is 1. The Morgan fingerprint density at radius 3 is 1.80 bits per heavy atom. The van der Waals surface area contributed by atoms with Gasteiger partial charge >= 0.3 is 6.09 Å². The van der Waals surface area contributed by atoms with Gasteiger partial charge in [0.15, 0.2) is 0 Å². The maximum absolute atomic E-state index is 13.8. The molecule has 12 nitrogen and oxygen atoms in total. The summed E-state index contributed by atoms with van der Waals surface area (Å²) in [5.74, 6) is 3.55. The van der Waals surface area contributed by atoms with E-state index in [0.29, 0.717) is 5.69 Å². The van der Waals surface area contributed by atoms with Crippen LogP contribution in [0, 0.1) is 0 Å². The number of benzene rings is 4. The highest BCUT2D eigenvalue weighted by Crippen LogP contribution is 2.48. The molecule has 1 aromatic heterocycles. The minimum Gasteiger partial charge on any atom is -0.445 e. The molecule has 0 radical (unpaired) electrons. The number of amides is 4. The molecule has 1 heterocycles. The lowest BCUT2D eigenvalue weighted by Gasteiger charge is -2.36. The molecule has 0 bridgehead atoms. The van der Waals surface area contributed by atoms with Gasteiger partial charge in [-0.3, -0.25) is 19.8 Å². The molecule has 262 valence electrons. The monoisotopic (exact) mass is 705 g/mol. The number of carbonyl (C=O) groups is 4. The number of aromatic nitrogens is 2. The van der Waals surface area contributed by atoms with Crippen molar-refractivity contribution in [3.63, 3.8) is 0 Å². The van der Waals surface area contributed by atoms with Crippen LogP contribution in [0.3, 0.4) is 0 Å². The van der Waals surface area contributed by atoms with E-state index >= 15 is 0 Å². The molecule has 0 aliphatic heterocycles. The molecule has 4 aromatic carbocycles. The van der Waals surface area contributed by atoms with Gasteiger partial charge in [0.05, 0.1) is 17.6 Å². The maximum atomic E-state index is 13.8. The number of carbonyl (C=O) groups excluding carboxylic acids is 4. The number of nitrogens with zero attached hydrogens (tertiary/aromatic N) is 1. The third-order valence-corrected chi connectivity index (χ3v) is 9.66. The van der Waals surface area contributed by atoms with E-state index in [4.69, 9.17) is 10.6 Å². The van der Waals surface area contributed by atoms with E-state index in [1.165, 1.54) is 24.3 Å². The van der Waals surface area contributed by atoms with Gasteiger partial charge in [-0.05, 0) is 22.3 Å². The van der Waals surface area contributed by atoms with E-state index in [-0.39, 0.29) is 18.8 Å². The average Bonchev–Trinajstić information content (AvgIpc) is 3.70. The van der Waals surface area contributed by atoms with E-state index in [9.17, 15) is 19.2 Å². The number of nitrogens with one attached hydrogen (secondary N) is 5. The van der Waals surface area contributed by atoms with Crippen molar-refractivity contribution >= 4 is 35.6 Å². The Kier molecular flexibility index (Phi) is 13.0. The van der Waals surface area contributed by atoms with Crippen molar-refractivity contribution in [2.75, 3.05) is 12.3 Å². The first-order chi connectivity index (χ1) is 24.9. The Morgan fingerprint density at radius 1 is 0.745 bits per heavy atom. The van der Waals surface area contributed by atoms with Crippen LogP contribution in [0.5, 0.6) is 0 Å². The molecule has 51 heavy (non-hydrogen) atoms. The number of alkyl carbamates (subject to hydrolysis) is 1. The summed E-state index contributed by atoms with van der Waals surface area (Å²) in [4.78, 5) is 59.2. The van der Waals surface area contributed by atoms with Gasteiger partial charge < -0.3 is 25.7 Å². The van der Waals surface area contributed by atoms with Gasteiger partial charge in [-0.25, -0.2) is 15.6 Å². The van der Waals surface area contributed by atoms with Crippen LogP contribution in [0.25, 0.3) is 0 Å². The zero-order valence-corrected chi connectivity index (χ0v) is 28.5. The van der Waals surface area contributed by atoms with Crippen molar-refractivity contribution in [2.45, 2.75) is 29.9 Å². The Balaban J connectivity index is 1.38. The molecule has 2 atom stereocenters. The van der Waals surface area contributed by atoms with Crippen molar-refractivity contribution in [1.29, 1.82) is 0 Å². The van der Waals surface area contributed by atoms with Crippen LogP contribution in [0.1, 0.15) is 27.9 Å². The fourth-order valence-corrected chi connectivity index (χ4v) is 7.09. The lowest BCUT2D eigenvalue weighted by Crippen LogP contribution is -2.54. The Labute approximate surface area is 299 Å². The number of hydrogen-bond donors (Lipinski definition) is 6. The second kappa shape index (κ2) is 18.2. The standard InChI is InChI=1S/C38H39N7O5S/c39-45-36(48)32(21-31-22-40-26-42-31)43-34(46)23-41-35(47)33(44-37(49)50-24-27-13-5-1-6-14-27)25-51-38(28-15-7-2-8-16-28,29-17-9-3-10-18-29)30-19-11-4-12-20-30/h1-20,22,26,32-33H,21,23-25,39H2,(H,40,42)(H,41,47)(H,43,46)(H,44,49)(H,45,48)/t32-,33+/m0/s1. The number of imidazole rings is 1. The molecule has 0 unspecified atom stereocenters. The average molecular weight is 706 g/mol. The molecule has 0 saturated heterocycles. The number of aromatic amines is 1. The third-order valence-electron chi connectivity index (χ3n) is 8.02. The second-order valence-corrected chi connectivity index (χ2v) is 12.7. The van der Waals surface area contributed by atoms with E-state index in [1.54, 1.807) is 0 Å². The number of H-pyrrole nitrogens is 1. The minimum absolute atomic E-state index is 0.000524. The molecule has 5 aromatic rings. The summed E-state index contributed by atoms with van der Waals surface area (Å²) in [7, 11) is 0. The van der Waals surface area contributed by atoms with Gasteiger partial charge in [0.1, 0.15) is 18.7 Å². The molecule has 0 fully saturated rings. The van der Waals surface area contributed by atoms with Crippen LogP contribution in [0.2, 0.25) is 0 Å².